The highest BCUT2D eigenvalue weighted by molar-refractivity contribution is 9.10. The zero-order chi connectivity index (χ0) is 21.3. The fraction of sp³-hybridized carbons (Fsp3) is 0.217. The number of benzene rings is 2. The van der Waals surface area contributed by atoms with Crippen molar-refractivity contribution >= 4 is 27.5 Å². The summed E-state index contributed by atoms with van der Waals surface area (Å²) in [6.45, 7) is 2.04. The second-order valence-corrected chi connectivity index (χ2v) is 7.78. The Morgan fingerprint density at radius 1 is 1.07 bits per heavy atom. The molecule has 2 aromatic carbocycles. The van der Waals surface area contributed by atoms with Crippen LogP contribution in [0.2, 0.25) is 0 Å². The van der Waals surface area contributed by atoms with Crippen LogP contribution in [0.3, 0.4) is 0 Å². The Morgan fingerprint density at radius 3 is 2.43 bits per heavy atom. The van der Waals surface area contributed by atoms with Crippen molar-refractivity contribution in [1.82, 2.24) is 5.01 Å². The van der Waals surface area contributed by atoms with Gasteiger partial charge in [-0.05, 0) is 58.7 Å². The van der Waals surface area contributed by atoms with Crippen LogP contribution < -0.4 is 9.47 Å². The zero-order valence-corrected chi connectivity index (χ0v) is 18.5. The van der Waals surface area contributed by atoms with Crippen molar-refractivity contribution in [3.63, 3.8) is 0 Å². The number of carbonyl (C=O) groups is 1. The molecule has 2 heterocycles. The van der Waals surface area contributed by atoms with Crippen molar-refractivity contribution < 1.29 is 18.7 Å². The largest absolute Gasteiger partial charge is 0.493 e. The molecule has 0 saturated carbocycles. The van der Waals surface area contributed by atoms with E-state index in [9.17, 15) is 4.79 Å². The zero-order valence-electron chi connectivity index (χ0n) is 16.9. The normalized spacial score (nSPS) is 15.8. The molecule has 1 aromatic heterocycles. The van der Waals surface area contributed by atoms with Crippen LogP contribution >= 0.6 is 15.9 Å². The molecule has 0 unspecified atom stereocenters. The summed E-state index contributed by atoms with van der Waals surface area (Å²) < 4.78 is 16.7. The maximum absolute atomic E-state index is 13.2. The molecule has 0 fully saturated rings. The molecule has 154 valence electrons. The van der Waals surface area contributed by atoms with Gasteiger partial charge in [-0.3, -0.25) is 4.79 Å². The smallest absolute Gasteiger partial charge is 0.310 e. The predicted octanol–water partition coefficient (Wildman–Crippen LogP) is 5.36. The highest BCUT2D eigenvalue weighted by atomic mass is 79.9. The molecule has 0 bridgehead atoms. The van der Waals surface area contributed by atoms with E-state index in [0.717, 1.165) is 22.4 Å². The van der Waals surface area contributed by atoms with E-state index in [1.54, 1.807) is 26.4 Å². The molecule has 0 aliphatic carbocycles. The Kier molecular flexibility index (Phi) is 5.63. The van der Waals surface area contributed by atoms with Gasteiger partial charge in [-0.1, -0.05) is 29.8 Å². The molecule has 0 radical (unpaired) electrons. The van der Waals surface area contributed by atoms with E-state index in [0.29, 0.717) is 22.6 Å². The maximum atomic E-state index is 13.2. The van der Waals surface area contributed by atoms with E-state index >= 15 is 0 Å². The summed E-state index contributed by atoms with van der Waals surface area (Å²) in [7, 11) is 3.19. The van der Waals surface area contributed by atoms with Crippen molar-refractivity contribution in [3.8, 4) is 11.5 Å². The van der Waals surface area contributed by atoms with Crippen LogP contribution in [0.1, 0.15) is 39.7 Å². The molecule has 3 aromatic rings. The van der Waals surface area contributed by atoms with Crippen molar-refractivity contribution in [2.24, 2.45) is 5.10 Å². The van der Waals surface area contributed by atoms with E-state index in [-0.39, 0.29) is 17.7 Å². The number of amides is 1. The summed E-state index contributed by atoms with van der Waals surface area (Å²) in [5.41, 5.74) is 3.84. The second-order valence-electron chi connectivity index (χ2n) is 7.00. The lowest BCUT2D eigenvalue weighted by molar-refractivity contribution is 0.0677. The van der Waals surface area contributed by atoms with Crippen LogP contribution in [-0.2, 0) is 0 Å². The Hall–Kier alpha value is -3.06. The first-order valence-corrected chi connectivity index (χ1v) is 10.2. The average molecular weight is 469 g/mol. The van der Waals surface area contributed by atoms with Gasteiger partial charge >= 0.3 is 5.91 Å². The quantitative estimate of drug-likeness (QED) is 0.505. The number of furan rings is 1. The first kappa shape index (κ1) is 20.2. The van der Waals surface area contributed by atoms with Gasteiger partial charge in [-0.25, -0.2) is 5.01 Å². The van der Waals surface area contributed by atoms with E-state index in [1.165, 1.54) is 5.01 Å². The monoisotopic (exact) mass is 468 g/mol. The van der Waals surface area contributed by atoms with Crippen molar-refractivity contribution in [2.45, 2.75) is 19.4 Å². The van der Waals surface area contributed by atoms with Gasteiger partial charge in [0.1, 0.15) is 0 Å². The molecule has 0 N–H and O–H groups in total. The third-order valence-electron chi connectivity index (χ3n) is 5.08. The molecule has 1 atom stereocenters. The lowest BCUT2D eigenvalue weighted by Gasteiger charge is -2.21. The predicted molar refractivity (Wildman–Crippen MR) is 117 cm³/mol. The summed E-state index contributed by atoms with van der Waals surface area (Å²) in [5.74, 6) is 1.20. The van der Waals surface area contributed by atoms with Crippen LogP contribution in [0.4, 0.5) is 0 Å². The molecule has 7 heteroatoms. The van der Waals surface area contributed by atoms with Crippen LogP contribution in [-0.4, -0.2) is 30.8 Å². The number of rotatable bonds is 5. The van der Waals surface area contributed by atoms with Crippen molar-refractivity contribution in [1.29, 1.82) is 0 Å². The summed E-state index contributed by atoms with van der Waals surface area (Å²) in [6.07, 6.45) is 0.576. The van der Waals surface area contributed by atoms with Gasteiger partial charge in [0.25, 0.3) is 0 Å². The van der Waals surface area contributed by atoms with E-state index in [1.807, 2.05) is 49.4 Å². The number of nitrogens with zero attached hydrogens (tertiary/aromatic N) is 2. The Labute approximate surface area is 183 Å². The summed E-state index contributed by atoms with van der Waals surface area (Å²) in [5, 5.41) is 6.19. The van der Waals surface area contributed by atoms with Crippen molar-refractivity contribution in [3.05, 3.63) is 81.7 Å². The Balaban J connectivity index is 1.73. The number of hydrazone groups is 1. The first-order chi connectivity index (χ1) is 14.5. The van der Waals surface area contributed by atoms with Crippen LogP contribution in [0.25, 0.3) is 0 Å². The van der Waals surface area contributed by atoms with Gasteiger partial charge in [0.05, 0.1) is 26.0 Å². The minimum atomic E-state index is -0.290. The molecule has 6 nitrogen and oxygen atoms in total. The van der Waals surface area contributed by atoms with Crippen LogP contribution in [0.15, 0.2) is 68.8 Å². The maximum Gasteiger partial charge on any atom is 0.310 e. The number of carbonyl (C=O) groups excluding carboxylic acids is 1. The lowest BCUT2D eigenvalue weighted by atomic mass is 9.97. The highest BCUT2D eigenvalue weighted by Crippen LogP contribution is 2.36. The summed E-state index contributed by atoms with van der Waals surface area (Å²) in [4.78, 5) is 13.2. The van der Waals surface area contributed by atoms with E-state index in [2.05, 4.69) is 21.0 Å². The first-order valence-electron chi connectivity index (χ1n) is 9.45. The van der Waals surface area contributed by atoms with Crippen molar-refractivity contribution in [2.75, 3.05) is 14.2 Å². The Bertz CT molecular complexity index is 1100. The number of hydrogen-bond donors (Lipinski definition) is 0. The molecule has 4 rings (SSSR count). The van der Waals surface area contributed by atoms with Gasteiger partial charge in [0, 0.05) is 12.0 Å². The Morgan fingerprint density at radius 2 is 1.80 bits per heavy atom. The molecule has 1 aliphatic rings. The van der Waals surface area contributed by atoms with Crippen LogP contribution in [0, 0.1) is 6.92 Å². The highest BCUT2D eigenvalue weighted by Gasteiger charge is 2.35. The fourth-order valence-corrected chi connectivity index (χ4v) is 3.78. The molecular formula is C23H21BrN2O4. The summed E-state index contributed by atoms with van der Waals surface area (Å²) in [6, 6.07) is 16.9. The minimum Gasteiger partial charge on any atom is -0.493 e. The SMILES string of the molecule is COc1ccc(C2=NN(C(=O)c3ccc(Br)o3)[C@@H](c3ccc(C)cc3)C2)cc1OC. The standard InChI is InChI=1S/C23H21BrN2O4/c1-14-4-6-15(7-5-14)18-13-17(16-8-9-19(28-2)21(12-16)29-3)25-26(18)23(27)20-10-11-22(24)30-20/h4-12,18H,13H2,1-3H3/t18-/m1/s1. The van der Waals surface area contributed by atoms with Gasteiger partial charge in [-0.2, -0.15) is 5.10 Å². The minimum absolute atomic E-state index is 0.231. The number of hydrogen-bond acceptors (Lipinski definition) is 5. The lowest BCUT2D eigenvalue weighted by Crippen LogP contribution is -2.26. The van der Waals surface area contributed by atoms with E-state index in [4.69, 9.17) is 13.9 Å². The van der Waals surface area contributed by atoms with Crippen LogP contribution in [0.5, 0.6) is 11.5 Å². The van der Waals surface area contributed by atoms with Gasteiger partial charge < -0.3 is 13.9 Å². The molecule has 30 heavy (non-hydrogen) atoms. The molecule has 0 saturated heterocycles. The van der Waals surface area contributed by atoms with E-state index < -0.39 is 0 Å². The van der Waals surface area contributed by atoms with Gasteiger partial charge in [-0.15, -0.1) is 0 Å². The third kappa shape index (κ3) is 3.85. The number of aryl methyl sites for hydroxylation is 1. The summed E-state index contributed by atoms with van der Waals surface area (Å²) >= 11 is 3.26. The number of halogens is 1. The number of ether oxygens (including phenoxy) is 2. The topological polar surface area (TPSA) is 64.3 Å². The van der Waals surface area contributed by atoms with Gasteiger partial charge in [0.2, 0.25) is 0 Å². The molecule has 1 aliphatic heterocycles. The van der Waals surface area contributed by atoms with Gasteiger partial charge in [0.15, 0.2) is 21.9 Å². The molecule has 1 amide bonds. The molecular weight excluding hydrogens is 448 g/mol. The fourth-order valence-electron chi connectivity index (χ4n) is 3.48. The number of methoxy groups -OCH3 is 2. The third-order valence-corrected chi connectivity index (χ3v) is 5.51. The second kappa shape index (κ2) is 8.36. The average Bonchev–Trinajstić information content (AvgIpc) is 3.40. The molecule has 0 spiro atoms.